The van der Waals surface area contributed by atoms with Crippen molar-refractivity contribution in [3.63, 3.8) is 0 Å². The number of amides is 2. The van der Waals surface area contributed by atoms with Gasteiger partial charge in [0, 0.05) is 31.0 Å². The Morgan fingerprint density at radius 3 is 2.18 bits per heavy atom. The minimum Gasteiger partial charge on any atom is -0.354 e. The maximum atomic E-state index is 13.6. The Bertz CT molecular complexity index is 1040. The van der Waals surface area contributed by atoms with Gasteiger partial charge < -0.3 is 10.2 Å². The summed E-state index contributed by atoms with van der Waals surface area (Å²) in [7, 11) is 0. The van der Waals surface area contributed by atoms with E-state index in [1.165, 1.54) is 0 Å². The molecular weight excluding hydrogens is 444 g/mol. The number of hydrogen-bond donors (Lipinski definition) is 1. The molecule has 0 radical (unpaired) electrons. The highest BCUT2D eigenvalue weighted by atomic mass is 35.5. The summed E-state index contributed by atoms with van der Waals surface area (Å²) in [6.45, 7) is 3.02. The molecule has 0 aliphatic carbocycles. The van der Waals surface area contributed by atoms with E-state index in [0.717, 1.165) is 29.5 Å². The van der Waals surface area contributed by atoms with Gasteiger partial charge in [-0.15, -0.1) is 0 Å². The Kier molecular flexibility index (Phi) is 10.2. The molecule has 3 aromatic carbocycles. The van der Waals surface area contributed by atoms with Crippen LogP contribution in [-0.2, 0) is 29.0 Å². The standard InChI is InChI=1S/C29H33ClN2O2/c1-2-3-19-31-29(34)27(21-24-13-8-5-9-14-24)32(22-25-15-10-16-26(30)20-25)28(33)18-17-23-11-6-4-7-12-23/h4-16,20,27H,2-3,17-19,21-22H2,1H3,(H,31,34). The first-order valence-corrected chi connectivity index (χ1v) is 12.3. The molecule has 3 rings (SSSR count). The van der Waals surface area contributed by atoms with Crippen molar-refractivity contribution >= 4 is 23.4 Å². The van der Waals surface area contributed by atoms with Crippen molar-refractivity contribution in [2.24, 2.45) is 0 Å². The Hall–Kier alpha value is -3.11. The number of halogens is 1. The van der Waals surface area contributed by atoms with Crippen LogP contribution in [0.25, 0.3) is 0 Å². The predicted octanol–water partition coefficient (Wildman–Crippen LogP) is 5.83. The van der Waals surface area contributed by atoms with E-state index in [1.807, 2.05) is 84.9 Å². The smallest absolute Gasteiger partial charge is 0.243 e. The molecule has 0 spiro atoms. The third kappa shape index (κ3) is 8.03. The number of aryl methyl sites for hydroxylation is 1. The van der Waals surface area contributed by atoms with Crippen LogP contribution in [-0.4, -0.2) is 29.3 Å². The molecule has 1 N–H and O–H groups in total. The molecule has 34 heavy (non-hydrogen) atoms. The molecule has 1 atom stereocenters. The van der Waals surface area contributed by atoms with Crippen LogP contribution in [0.4, 0.5) is 0 Å². The first-order chi connectivity index (χ1) is 16.6. The summed E-state index contributed by atoms with van der Waals surface area (Å²) in [6.07, 6.45) is 3.31. The molecule has 3 aromatic rings. The van der Waals surface area contributed by atoms with Crippen molar-refractivity contribution in [2.45, 2.75) is 51.6 Å². The van der Waals surface area contributed by atoms with E-state index >= 15 is 0 Å². The van der Waals surface area contributed by atoms with Gasteiger partial charge in [0.2, 0.25) is 11.8 Å². The van der Waals surface area contributed by atoms with Gasteiger partial charge in [0.15, 0.2) is 0 Å². The van der Waals surface area contributed by atoms with Gasteiger partial charge in [0.25, 0.3) is 0 Å². The maximum Gasteiger partial charge on any atom is 0.243 e. The zero-order valence-electron chi connectivity index (χ0n) is 19.8. The van der Waals surface area contributed by atoms with Crippen LogP contribution >= 0.6 is 11.6 Å². The minimum absolute atomic E-state index is 0.0459. The number of carbonyl (C=O) groups is 2. The summed E-state index contributed by atoms with van der Waals surface area (Å²) in [5.74, 6) is -0.164. The summed E-state index contributed by atoms with van der Waals surface area (Å²) in [5.41, 5.74) is 3.02. The number of nitrogens with one attached hydrogen (secondary N) is 1. The van der Waals surface area contributed by atoms with Crippen molar-refractivity contribution < 1.29 is 9.59 Å². The fourth-order valence-electron chi connectivity index (χ4n) is 3.93. The number of hydrogen-bond acceptors (Lipinski definition) is 2. The lowest BCUT2D eigenvalue weighted by Gasteiger charge is -2.32. The highest BCUT2D eigenvalue weighted by molar-refractivity contribution is 6.30. The van der Waals surface area contributed by atoms with Crippen molar-refractivity contribution in [2.75, 3.05) is 6.54 Å². The fraction of sp³-hybridized carbons (Fsp3) is 0.310. The van der Waals surface area contributed by atoms with Crippen molar-refractivity contribution in [1.29, 1.82) is 0 Å². The van der Waals surface area contributed by atoms with Crippen LogP contribution in [0.3, 0.4) is 0 Å². The predicted molar refractivity (Wildman–Crippen MR) is 139 cm³/mol. The summed E-state index contributed by atoms with van der Waals surface area (Å²) in [5, 5.41) is 3.66. The number of benzene rings is 3. The quantitative estimate of drug-likeness (QED) is 0.334. The zero-order chi connectivity index (χ0) is 24.2. The van der Waals surface area contributed by atoms with Gasteiger partial charge in [-0.05, 0) is 41.7 Å². The van der Waals surface area contributed by atoms with E-state index < -0.39 is 6.04 Å². The molecule has 0 heterocycles. The fourth-order valence-corrected chi connectivity index (χ4v) is 4.14. The molecule has 0 aliphatic heterocycles. The van der Waals surface area contributed by atoms with E-state index in [0.29, 0.717) is 37.4 Å². The van der Waals surface area contributed by atoms with Gasteiger partial charge >= 0.3 is 0 Å². The van der Waals surface area contributed by atoms with E-state index in [4.69, 9.17) is 11.6 Å². The van der Waals surface area contributed by atoms with Crippen molar-refractivity contribution in [3.05, 3.63) is 107 Å². The molecule has 0 saturated heterocycles. The molecule has 178 valence electrons. The second-order valence-electron chi connectivity index (χ2n) is 8.49. The molecule has 1 unspecified atom stereocenters. The van der Waals surface area contributed by atoms with E-state index in [2.05, 4.69) is 12.2 Å². The van der Waals surface area contributed by atoms with Crippen molar-refractivity contribution in [3.8, 4) is 0 Å². The summed E-state index contributed by atoms with van der Waals surface area (Å²) in [6, 6.07) is 26.7. The maximum absolute atomic E-state index is 13.6. The average Bonchev–Trinajstić information content (AvgIpc) is 2.86. The lowest BCUT2D eigenvalue weighted by atomic mass is 10.0. The summed E-state index contributed by atoms with van der Waals surface area (Å²) >= 11 is 6.22. The SMILES string of the molecule is CCCCNC(=O)C(Cc1ccccc1)N(Cc1cccc(Cl)c1)C(=O)CCc1ccccc1. The minimum atomic E-state index is -0.610. The van der Waals surface area contributed by atoms with Gasteiger partial charge in [-0.2, -0.15) is 0 Å². The normalized spacial score (nSPS) is 11.6. The number of carbonyl (C=O) groups excluding carboxylic acids is 2. The first kappa shape index (κ1) is 25.5. The molecular formula is C29H33ClN2O2. The zero-order valence-corrected chi connectivity index (χ0v) is 20.5. The number of nitrogens with zero attached hydrogens (tertiary/aromatic N) is 1. The van der Waals surface area contributed by atoms with Crippen LogP contribution in [0.1, 0.15) is 42.9 Å². The van der Waals surface area contributed by atoms with E-state index in [1.54, 1.807) is 4.90 Å². The molecule has 0 bridgehead atoms. The van der Waals surface area contributed by atoms with E-state index in [9.17, 15) is 9.59 Å². The average molecular weight is 477 g/mol. The largest absolute Gasteiger partial charge is 0.354 e. The van der Waals surface area contributed by atoms with Gasteiger partial charge in [-0.25, -0.2) is 0 Å². The molecule has 0 saturated carbocycles. The van der Waals surface area contributed by atoms with Crippen LogP contribution < -0.4 is 5.32 Å². The van der Waals surface area contributed by atoms with Gasteiger partial charge in [-0.1, -0.05) is 97.7 Å². The number of rotatable bonds is 12. The Morgan fingerprint density at radius 1 is 0.882 bits per heavy atom. The van der Waals surface area contributed by atoms with Gasteiger partial charge in [-0.3, -0.25) is 9.59 Å². The Morgan fingerprint density at radius 2 is 1.53 bits per heavy atom. The van der Waals surface area contributed by atoms with Crippen LogP contribution in [0.2, 0.25) is 5.02 Å². The second kappa shape index (κ2) is 13.6. The lowest BCUT2D eigenvalue weighted by Crippen LogP contribution is -2.50. The van der Waals surface area contributed by atoms with Crippen molar-refractivity contribution in [1.82, 2.24) is 10.2 Å². The molecule has 5 heteroatoms. The van der Waals surface area contributed by atoms with E-state index in [-0.39, 0.29) is 11.8 Å². The molecule has 4 nitrogen and oxygen atoms in total. The second-order valence-corrected chi connectivity index (χ2v) is 8.92. The molecule has 0 aliphatic rings. The number of unbranched alkanes of at least 4 members (excludes halogenated alkanes) is 1. The monoisotopic (exact) mass is 476 g/mol. The summed E-state index contributed by atoms with van der Waals surface area (Å²) in [4.78, 5) is 28.7. The third-order valence-electron chi connectivity index (χ3n) is 5.81. The Balaban J connectivity index is 1.87. The first-order valence-electron chi connectivity index (χ1n) is 12.0. The molecule has 0 fully saturated rings. The lowest BCUT2D eigenvalue weighted by molar-refractivity contribution is -0.141. The van der Waals surface area contributed by atoms with Crippen LogP contribution in [0.5, 0.6) is 0 Å². The van der Waals surface area contributed by atoms with Crippen LogP contribution in [0.15, 0.2) is 84.9 Å². The highest BCUT2D eigenvalue weighted by Crippen LogP contribution is 2.19. The summed E-state index contributed by atoms with van der Waals surface area (Å²) < 4.78 is 0. The Labute approximate surface area is 207 Å². The third-order valence-corrected chi connectivity index (χ3v) is 6.05. The van der Waals surface area contributed by atoms with Gasteiger partial charge in [0.1, 0.15) is 6.04 Å². The van der Waals surface area contributed by atoms with Crippen LogP contribution in [0, 0.1) is 0 Å². The molecule has 2 amide bonds. The molecule has 0 aromatic heterocycles. The highest BCUT2D eigenvalue weighted by Gasteiger charge is 2.30. The topological polar surface area (TPSA) is 49.4 Å². The van der Waals surface area contributed by atoms with Gasteiger partial charge in [0.05, 0.1) is 0 Å².